The van der Waals surface area contributed by atoms with Gasteiger partial charge in [-0.25, -0.2) is 0 Å². The van der Waals surface area contributed by atoms with E-state index in [2.05, 4.69) is 36.1 Å². The van der Waals surface area contributed by atoms with Gasteiger partial charge in [-0.3, -0.25) is 9.69 Å². The summed E-state index contributed by atoms with van der Waals surface area (Å²) in [6.45, 7) is 6.69. The smallest absolute Gasteiger partial charge is 0.225 e. The van der Waals surface area contributed by atoms with Gasteiger partial charge >= 0.3 is 0 Å². The van der Waals surface area contributed by atoms with E-state index < -0.39 is 0 Å². The zero-order valence-corrected chi connectivity index (χ0v) is 16.4. The van der Waals surface area contributed by atoms with Gasteiger partial charge in [0.1, 0.15) is 11.9 Å². The van der Waals surface area contributed by atoms with E-state index in [-0.39, 0.29) is 18.1 Å². The molecule has 0 aliphatic carbocycles. The molecule has 2 fully saturated rings. The maximum absolute atomic E-state index is 12.6. The number of amides is 1. The van der Waals surface area contributed by atoms with Gasteiger partial charge in [-0.2, -0.15) is 0 Å². The van der Waals surface area contributed by atoms with Gasteiger partial charge in [0, 0.05) is 19.6 Å². The number of carbonyl (C=O) groups excluding carboxylic acids is 1. The van der Waals surface area contributed by atoms with Crippen molar-refractivity contribution in [1.29, 1.82) is 0 Å². The number of morpholine rings is 1. The van der Waals surface area contributed by atoms with Crippen LogP contribution in [0.2, 0.25) is 0 Å². The zero-order valence-electron chi connectivity index (χ0n) is 16.4. The minimum Gasteiger partial charge on any atom is -0.487 e. The molecule has 5 nitrogen and oxygen atoms in total. The Hall–Kier alpha value is -2.37. The fourth-order valence-corrected chi connectivity index (χ4v) is 3.74. The lowest BCUT2D eigenvalue weighted by Gasteiger charge is -2.40. The van der Waals surface area contributed by atoms with Crippen LogP contribution < -0.4 is 4.74 Å². The number of carbonyl (C=O) groups is 1. The second-order valence-corrected chi connectivity index (χ2v) is 7.77. The van der Waals surface area contributed by atoms with Crippen molar-refractivity contribution in [1.82, 2.24) is 9.80 Å². The molecule has 148 valence electrons. The molecule has 2 aliphatic heterocycles. The van der Waals surface area contributed by atoms with Gasteiger partial charge in [0.25, 0.3) is 0 Å². The first kappa shape index (κ1) is 19.0. The molecular formula is C23H28N2O3. The molecule has 2 saturated heterocycles. The quantitative estimate of drug-likeness (QED) is 0.773. The minimum absolute atomic E-state index is 0.0259. The molecule has 0 bridgehead atoms. The summed E-state index contributed by atoms with van der Waals surface area (Å²) in [6.07, 6.45) is 0.512. The van der Waals surface area contributed by atoms with Crippen LogP contribution in [0.3, 0.4) is 0 Å². The van der Waals surface area contributed by atoms with E-state index in [1.54, 1.807) is 0 Å². The molecule has 0 unspecified atom stereocenters. The monoisotopic (exact) mass is 380 g/mol. The number of aryl methyl sites for hydroxylation is 1. The van der Waals surface area contributed by atoms with Crippen molar-refractivity contribution in [2.45, 2.75) is 32.1 Å². The van der Waals surface area contributed by atoms with Crippen molar-refractivity contribution in [2.75, 3.05) is 32.8 Å². The fraction of sp³-hybridized carbons (Fsp3) is 0.435. The molecule has 0 N–H and O–H groups in total. The van der Waals surface area contributed by atoms with Crippen molar-refractivity contribution in [2.24, 2.45) is 0 Å². The van der Waals surface area contributed by atoms with E-state index >= 15 is 0 Å². The van der Waals surface area contributed by atoms with Gasteiger partial charge in [-0.1, -0.05) is 48.0 Å². The van der Waals surface area contributed by atoms with E-state index in [1.165, 1.54) is 11.1 Å². The van der Waals surface area contributed by atoms with Crippen LogP contribution in [0.1, 0.15) is 17.5 Å². The van der Waals surface area contributed by atoms with Gasteiger partial charge in [-0.15, -0.1) is 0 Å². The highest BCUT2D eigenvalue weighted by Crippen LogP contribution is 2.21. The highest BCUT2D eigenvalue weighted by Gasteiger charge is 2.34. The number of hydrogen-bond acceptors (Lipinski definition) is 4. The average Bonchev–Trinajstić information content (AvgIpc) is 2.67. The average molecular weight is 380 g/mol. The summed E-state index contributed by atoms with van der Waals surface area (Å²) in [7, 11) is 0. The SMILES string of the molecule is Cc1ccc(OC2CN(C(=O)C[C@@H]3CN(Cc4ccccc4)CCO3)C2)cc1. The van der Waals surface area contributed by atoms with E-state index in [9.17, 15) is 4.79 Å². The number of likely N-dealkylation sites (tertiary alicyclic amines) is 1. The molecule has 4 rings (SSSR count). The Morgan fingerprint density at radius 1 is 1.07 bits per heavy atom. The molecule has 0 saturated carbocycles. The summed E-state index contributed by atoms with van der Waals surface area (Å²) < 4.78 is 11.8. The van der Waals surface area contributed by atoms with E-state index in [4.69, 9.17) is 9.47 Å². The van der Waals surface area contributed by atoms with Gasteiger partial charge < -0.3 is 14.4 Å². The summed E-state index contributed by atoms with van der Waals surface area (Å²) in [6, 6.07) is 18.5. The van der Waals surface area contributed by atoms with Crippen LogP contribution in [0.15, 0.2) is 54.6 Å². The molecule has 0 radical (unpaired) electrons. The maximum atomic E-state index is 12.6. The predicted molar refractivity (Wildman–Crippen MR) is 108 cm³/mol. The first-order chi connectivity index (χ1) is 13.7. The molecule has 0 aromatic heterocycles. The standard InChI is InChI=1S/C23H28N2O3/c1-18-7-9-20(10-8-18)28-22-16-25(17-22)23(26)13-21-15-24(11-12-27-21)14-19-5-3-2-4-6-19/h2-10,21-22H,11-17H2,1H3/t21-/m1/s1. The van der Waals surface area contributed by atoms with Crippen LogP contribution in [-0.2, 0) is 16.1 Å². The fourth-order valence-electron chi connectivity index (χ4n) is 3.74. The largest absolute Gasteiger partial charge is 0.487 e. The Morgan fingerprint density at radius 3 is 2.57 bits per heavy atom. The molecule has 2 aromatic rings. The maximum Gasteiger partial charge on any atom is 0.225 e. The second kappa shape index (κ2) is 8.76. The third-order valence-electron chi connectivity index (χ3n) is 5.40. The number of benzene rings is 2. The van der Waals surface area contributed by atoms with E-state index in [1.807, 2.05) is 35.2 Å². The molecule has 2 heterocycles. The molecule has 28 heavy (non-hydrogen) atoms. The number of nitrogens with zero attached hydrogens (tertiary/aromatic N) is 2. The van der Waals surface area contributed by atoms with E-state index in [0.29, 0.717) is 26.1 Å². The third kappa shape index (κ3) is 4.91. The summed E-state index contributed by atoms with van der Waals surface area (Å²) >= 11 is 0. The third-order valence-corrected chi connectivity index (χ3v) is 5.40. The number of rotatable bonds is 6. The molecule has 0 spiro atoms. The molecule has 1 atom stereocenters. The predicted octanol–water partition coefficient (Wildman–Crippen LogP) is 2.88. The Bertz CT molecular complexity index is 772. The first-order valence-electron chi connectivity index (χ1n) is 10.0. The Labute approximate surface area is 166 Å². The molecular weight excluding hydrogens is 352 g/mol. The van der Waals surface area contributed by atoms with Crippen molar-refractivity contribution >= 4 is 5.91 Å². The zero-order chi connectivity index (χ0) is 19.3. The number of hydrogen-bond donors (Lipinski definition) is 0. The van der Waals surface area contributed by atoms with Crippen LogP contribution in [0.25, 0.3) is 0 Å². The summed E-state index contributed by atoms with van der Waals surface area (Å²) in [5.74, 6) is 1.03. The van der Waals surface area contributed by atoms with Crippen molar-refractivity contribution in [3.8, 4) is 5.75 Å². The summed E-state index contributed by atoms with van der Waals surface area (Å²) in [5, 5.41) is 0. The highest BCUT2D eigenvalue weighted by molar-refractivity contribution is 5.77. The second-order valence-electron chi connectivity index (χ2n) is 7.77. The Morgan fingerprint density at radius 2 is 1.82 bits per heavy atom. The lowest BCUT2D eigenvalue weighted by Crippen LogP contribution is -2.57. The molecule has 1 amide bonds. The summed E-state index contributed by atoms with van der Waals surface area (Å²) in [5.41, 5.74) is 2.51. The lowest BCUT2D eigenvalue weighted by atomic mass is 10.1. The minimum atomic E-state index is -0.0259. The lowest BCUT2D eigenvalue weighted by molar-refractivity contribution is -0.145. The highest BCUT2D eigenvalue weighted by atomic mass is 16.5. The first-order valence-corrected chi connectivity index (χ1v) is 10.0. The van der Waals surface area contributed by atoms with Crippen LogP contribution >= 0.6 is 0 Å². The molecule has 2 aromatic carbocycles. The molecule has 2 aliphatic rings. The Balaban J connectivity index is 1.20. The topological polar surface area (TPSA) is 42.0 Å². The van der Waals surface area contributed by atoms with Gasteiger partial charge in [0.2, 0.25) is 5.91 Å². The van der Waals surface area contributed by atoms with Crippen LogP contribution in [0.5, 0.6) is 5.75 Å². The van der Waals surface area contributed by atoms with Gasteiger partial charge in [0.05, 0.1) is 32.2 Å². The van der Waals surface area contributed by atoms with Gasteiger partial charge in [0.15, 0.2) is 0 Å². The Kier molecular flexibility index (Phi) is 5.93. The van der Waals surface area contributed by atoms with Crippen LogP contribution in [0.4, 0.5) is 0 Å². The van der Waals surface area contributed by atoms with Gasteiger partial charge in [-0.05, 0) is 24.6 Å². The summed E-state index contributed by atoms with van der Waals surface area (Å²) in [4.78, 5) is 16.8. The number of ether oxygens (including phenoxy) is 2. The van der Waals surface area contributed by atoms with Crippen molar-refractivity contribution in [3.63, 3.8) is 0 Å². The van der Waals surface area contributed by atoms with E-state index in [0.717, 1.165) is 25.4 Å². The van der Waals surface area contributed by atoms with Crippen molar-refractivity contribution in [3.05, 3.63) is 65.7 Å². The van der Waals surface area contributed by atoms with Crippen molar-refractivity contribution < 1.29 is 14.3 Å². The van der Waals surface area contributed by atoms with Crippen LogP contribution in [-0.4, -0.2) is 60.7 Å². The molecule has 5 heteroatoms. The normalized spacial score (nSPS) is 20.6. The van der Waals surface area contributed by atoms with Crippen LogP contribution in [0, 0.1) is 6.92 Å².